The first-order valence-electron chi connectivity index (χ1n) is 6.58. The molecule has 0 unspecified atom stereocenters. The number of hydrogen-bond donors (Lipinski definition) is 0. The third kappa shape index (κ3) is 3.88. The molecule has 1 heterocycles. The third-order valence-corrected chi connectivity index (χ3v) is 3.21. The molecule has 0 saturated carbocycles. The maximum absolute atomic E-state index is 12.1. The highest BCUT2D eigenvalue weighted by molar-refractivity contribution is 5.78. The Kier molecular flexibility index (Phi) is 4.82. The molecule has 0 aliphatic rings. The van der Waals surface area contributed by atoms with Crippen molar-refractivity contribution in [1.82, 2.24) is 4.90 Å². The highest BCUT2D eigenvalue weighted by Crippen LogP contribution is 2.12. The van der Waals surface area contributed by atoms with E-state index >= 15 is 0 Å². The number of rotatable bonds is 6. The van der Waals surface area contributed by atoms with Crippen molar-refractivity contribution in [3.05, 3.63) is 54.0 Å². The number of amides is 1. The number of furan rings is 1. The molecule has 0 saturated heterocycles. The van der Waals surface area contributed by atoms with Crippen LogP contribution >= 0.6 is 0 Å². The monoisotopic (exact) mass is 273 g/mol. The van der Waals surface area contributed by atoms with Crippen LogP contribution in [-0.2, 0) is 17.6 Å². The lowest BCUT2D eigenvalue weighted by molar-refractivity contribution is -0.129. The Hall–Kier alpha value is -2.23. The first kappa shape index (κ1) is 14.2. The summed E-state index contributed by atoms with van der Waals surface area (Å²) in [6.45, 7) is 0.655. The van der Waals surface area contributed by atoms with Gasteiger partial charge in [-0.25, -0.2) is 0 Å². The first-order chi connectivity index (χ1) is 9.69. The minimum atomic E-state index is 0.0988. The number of likely N-dealkylation sites (N-methyl/N-ethyl adjacent to an activating group) is 1. The molecule has 2 rings (SSSR count). The van der Waals surface area contributed by atoms with Crippen LogP contribution in [0.1, 0.15) is 11.3 Å². The Morgan fingerprint density at radius 3 is 2.60 bits per heavy atom. The largest absolute Gasteiger partial charge is 0.497 e. The van der Waals surface area contributed by atoms with Crippen molar-refractivity contribution in [2.75, 3.05) is 20.7 Å². The Balaban J connectivity index is 1.83. The predicted molar refractivity (Wildman–Crippen MR) is 76.7 cm³/mol. The van der Waals surface area contributed by atoms with Crippen LogP contribution in [0.2, 0.25) is 0 Å². The summed E-state index contributed by atoms with van der Waals surface area (Å²) in [6.07, 6.45) is 2.78. The van der Waals surface area contributed by atoms with Gasteiger partial charge in [0.05, 0.1) is 19.8 Å². The number of methoxy groups -OCH3 is 1. The molecular weight excluding hydrogens is 254 g/mol. The average molecular weight is 273 g/mol. The molecule has 0 radical (unpaired) electrons. The molecule has 0 bridgehead atoms. The van der Waals surface area contributed by atoms with E-state index < -0.39 is 0 Å². The molecule has 0 aliphatic carbocycles. The molecular formula is C16H19NO3. The van der Waals surface area contributed by atoms with E-state index in [1.807, 2.05) is 43.4 Å². The minimum absolute atomic E-state index is 0.0988. The molecule has 0 fully saturated rings. The zero-order valence-electron chi connectivity index (χ0n) is 11.8. The van der Waals surface area contributed by atoms with Crippen LogP contribution in [0, 0.1) is 0 Å². The van der Waals surface area contributed by atoms with Crippen molar-refractivity contribution >= 4 is 5.91 Å². The fourth-order valence-corrected chi connectivity index (χ4v) is 1.91. The van der Waals surface area contributed by atoms with Gasteiger partial charge in [0, 0.05) is 20.0 Å². The second-order valence-corrected chi connectivity index (χ2v) is 4.67. The van der Waals surface area contributed by atoms with Gasteiger partial charge in [-0.05, 0) is 29.8 Å². The molecule has 0 spiro atoms. The van der Waals surface area contributed by atoms with Gasteiger partial charge in [0.2, 0.25) is 5.91 Å². The normalized spacial score (nSPS) is 10.3. The fraction of sp³-hybridized carbons (Fsp3) is 0.312. The van der Waals surface area contributed by atoms with Gasteiger partial charge in [0.1, 0.15) is 11.5 Å². The summed E-state index contributed by atoms with van der Waals surface area (Å²) >= 11 is 0. The lowest BCUT2D eigenvalue weighted by Crippen LogP contribution is -2.30. The number of nitrogens with zero attached hydrogens (tertiary/aromatic N) is 1. The Morgan fingerprint density at radius 1 is 1.25 bits per heavy atom. The van der Waals surface area contributed by atoms with Crippen LogP contribution in [0.5, 0.6) is 5.75 Å². The molecule has 1 aromatic heterocycles. The standard InChI is InChI=1S/C16H19NO3/c1-17(10-9-15-4-3-11-20-15)16(18)12-13-5-7-14(19-2)8-6-13/h3-8,11H,9-10,12H2,1-2H3. The molecule has 2 aromatic rings. The van der Waals surface area contributed by atoms with Crippen LogP contribution in [-0.4, -0.2) is 31.5 Å². The molecule has 1 amide bonds. The quantitative estimate of drug-likeness (QED) is 0.812. The van der Waals surface area contributed by atoms with Crippen LogP contribution in [0.4, 0.5) is 0 Å². The van der Waals surface area contributed by atoms with Gasteiger partial charge in [-0.1, -0.05) is 12.1 Å². The number of carbonyl (C=O) groups is 1. The molecule has 0 aliphatic heterocycles. The predicted octanol–water partition coefficient (Wildman–Crippen LogP) is 2.53. The van der Waals surface area contributed by atoms with Crippen LogP contribution in [0.25, 0.3) is 0 Å². The zero-order chi connectivity index (χ0) is 14.4. The van der Waals surface area contributed by atoms with Gasteiger partial charge in [-0.2, -0.15) is 0 Å². The molecule has 4 heteroatoms. The average Bonchev–Trinajstić information content (AvgIpc) is 2.98. The van der Waals surface area contributed by atoms with Crippen molar-refractivity contribution in [1.29, 1.82) is 0 Å². The summed E-state index contributed by atoms with van der Waals surface area (Å²) in [5, 5.41) is 0. The second-order valence-electron chi connectivity index (χ2n) is 4.67. The van der Waals surface area contributed by atoms with Crippen molar-refractivity contribution in [2.24, 2.45) is 0 Å². The minimum Gasteiger partial charge on any atom is -0.497 e. The van der Waals surface area contributed by atoms with Crippen molar-refractivity contribution in [2.45, 2.75) is 12.8 Å². The highest BCUT2D eigenvalue weighted by Gasteiger charge is 2.10. The lowest BCUT2D eigenvalue weighted by Gasteiger charge is -2.16. The SMILES string of the molecule is COc1ccc(CC(=O)N(C)CCc2ccco2)cc1. The molecule has 20 heavy (non-hydrogen) atoms. The van der Waals surface area contributed by atoms with E-state index in [9.17, 15) is 4.79 Å². The second kappa shape index (κ2) is 6.80. The van der Waals surface area contributed by atoms with E-state index in [1.165, 1.54) is 0 Å². The summed E-state index contributed by atoms with van der Waals surface area (Å²) in [5.41, 5.74) is 0.987. The molecule has 4 nitrogen and oxygen atoms in total. The molecule has 1 aromatic carbocycles. The van der Waals surface area contributed by atoms with Gasteiger partial charge >= 0.3 is 0 Å². The zero-order valence-corrected chi connectivity index (χ0v) is 11.8. The van der Waals surface area contributed by atoms with Crippen molar-refractivity contribution in [3.63, 3.8) is 0 Å². The third-order valence-electron chi connectivity index (χ3n) is 3.21. The van der Waals surface area contributed by atoms with Crippen LogP contribution in [0.3, 0.4) is 0 Å². The number of hydrogen-bond acceptors (Lipinski definition) is 3. The van der Waals surface area contributed by atoms with Gasteiger partial charge in [0.25, 0.3) is 0 Å². The van der Waals surface area contributed by atoms with Gasteiger partial charge in [-0.15, -0.1) is 0 Å². The Bertz CT molecular complexity index is 531. The fourth-order valence-electron chi connectivity index (χ4n) is 1.91. The number of ether oxygens (including phenoxy) is 1. The van der Waals surface area contributed by atoms with E-state index in [4.69, 9.17) is 9.15 Å². The number of benzene rings is 1. The van der Waals surface area contributed by atoms with E-state index in [0.29, 0.717) is 13.0 Å². The van der Waals surface area contributed by atoms with E-state index in [1.54, 1.807) is 18.3 Å². The Labute approximate surface area is 119 Å². The summed E-state index contributed by atoms with van der Waals surface area (Å²) in [7, 11) is 3.44. The topological polar surface area (TPSA) is 42.7 Å². The van der Waals surface area contributed by atoms with Crippen LogP contribution in [0.15, 0.2) is 47.1 Å². The smallest absolute Gasteiger partial charge is 0.226 e. The van der Waals surface area contributed by atoms with Crippen LogP contribution < -0.4 is 4.74 Å². The lowest BCUT2D eigenvalue weighted by atomic mass is 10.1. The molecule has 0 atom stereocenters. The molecule has 0 N–H and O–H groups in total. The highest BCUT2D eigenvalue weighted by atomic mass is 16.5. The maximum Gasteiger partial charge on any atom is 0.226 e. The summed E-state index contributed by atoms with van der Waals surface area (Å²) in [4.78, 5) is 13.8. The van der Waals surface area contributed by atoms with Crippen molar-refractivity contribution in [3.8, 4) is 5.75 Å². The van der Waals surface area contributed by atoms with Gasteiger partial charge in [-0.3, -0.25) is 4.79 Å². The van der Waals surface area contributed by atoms with Gasteiger partial charge in [0.15, 0.2) is 0 Å². The summed E-state index contributed by atoms with van der Waals surface area (Å²) in [5.74, 6) is 1.79. The summed E-state index contributed by atoms with van der Waals surface area (Å²) < 4.78 is 10.4. The van der Waals surface area contributed by atoms with Crippen molar-refractivity contribution < 1.29 is 13.9 Å². The number of carbonyl (C=O) groups excluding carboxylic acids is 1. The first-order valence-corrected chi connectivity index (χ1v) is 6.58. The molecule has 106 valence electrons. The van der Waals surface area contributed by atoms with Gasteiger partial charge < -0.3 is 14.1 Å². The Morgan fingerprint density at radius 2 is 2.00 bits per heavy atom. The van der Waals surface area contributed by atoms with E-state index in [0.717, 1.165) is 23.5 Å². The maximum atomic E-state index is 12.1. The van der Waals surface area contributed by atoms with E-state index in [-0.39, 0.29) is 5.91 Å². The summed E-state index contributed by atoms with van der Waals surface area (Å²) in [6, 6.07) is 11.3. The van der Waals surface area contributed by atoms with E-state index in [2.05, 4.69) is 0 Å².